The van der Waals surface area contributed by atoms with Crippen LogP contribution in [0.25, 0.3) is 0 Å². The van der Waals surface area contributed by atoms with Crippen LogP contribution in [0.3, 0.4) is 0 Å². The molecule has 1 amide bonds. The summed E-state index contributed by atoms with van der Waals surface area (Å²) in [4.78, 5) is 11.0. The predicted octanol–water partition coefficient (Wildman–Crippen LogP) is 1.26. The molecule has 0 aromatic rings. The van der Waals surface area contributed by atoms with Crippen molar-refractivity contribution in [3.63, 3.8) is 0 Å². The molecule has 1 aliphatic carbocycles. The maximum absolute atomic E-state index is 13.0. The van der Waals surface area contributed by atoms with E-state index in [4.69, 9.17) is 0 Å². The van der Waals surface area contributed by atoms with Crippen LogP contribution in [0.15, 0.2) is 0 Å². The highest BCUT2D eigenvalue weighted by Gasteiger charge is 2.29. The first-order chi connectivity index (χ1) is 5.25. The highest BCUT2D eigenvalue weighted by molar-refractivity contribution is 5.78. The van der Waals surface area contributed by atoms with Gasteiger partial charge in [0.2, 0.25) is 5.91 Å². The largest absolute Gasteiger partial charge is 0.359 e. The Kier molecular flexibility index (Phi) is 2.85. The van der Waals surface area contributed by atoms with Crippen LogP contribution in [-0.4, -0.2) is 19.1 Å². The van der Waals surface area contributed by atoms with Crippen molar-refractivity contribution in [2.45, 2.75) is 31.9 Å². The van der Waals surface area contributed by atoms with Gasteiger partial charge in [-0.15, -0.1) is 0 Å². The lowest BCUT2D eigenvalue weighted by Crippen LogP contribution is -2.35. The Labute approximate surface area is 66.2 Å². The standard InChI is InChI=1S/C8H14FNO/c1-10-8(11)6-4-2-3-5-7(6)9/h6-7H,2-5H2,1H3,(H,10,11). The highest BCUT2D eigenvalue weighted by atomic mass is 19.1. The van der Waals surface area contributed by atoms with Gasteiger partial charge >= 0.3 is 0 Å². The molecule has 1 fully saturated rings. The number of alkyl halides is 1. The van der Waals surface area contributed by atoms with Crippen LogP contribution in [-0.2, 0) is 4.79 Å². The Bertz CT molecular complexity index is 149. The second kappa shape index (κ2) is 3.69. The Balaban J connectivity index is 2.47. The molecule has 1 aliphatic rings. The van der Waals surface area contributed by atoms with Crippen LogP contribution in [0.5, 0.6) is 0 Å². The van der Waals surface area contributed by atoms with Gasteiger partial charge in [0.1, 0.15) is 6.17 Å². The van der Waals surface area contributed by atoms with Crippen LogP contribution < -0.4 is 5.32 Å². The smallest absolute Gasteiger partial charge is 0.225 e. The van der Waals surface area contributed by atoms with Gasteiger partial charge in [0.25, 0.3) is 0 Å². The maximum atomic E-state index is 13.0. The van der Waals surface area contributed by atoms with Crippen molar-refractivity contribution < 1.29 is 9.18 Å². The highest BCUT2D eigenvalue weighted by Crippen LogP contribution is 2.26. The Morgan fingerprint density at radius 1 is 1.45 bits per heavy atom. The molecule has 0 aromatic carbocycles. The first-order valence-electron chi connectivity index (χ1n) is 4.11. The van der Waals surface area contributed by atoms with E-state index in [1.807, 2.05) is 0 Å². The predicted molar refractivity (Wildman–Crippen MR) is 40.9 cm³/mol. The summed E-state index contributed by atoms with van der Waals surface area (Å²) in [5, 5.41) is 2.49. The SMILES string of the molecule is CNC(=O)C1CCCCC1F. The molecule has 0 aromatic heterocycles. The van der Waals surface area contributed by atoms with Crippen molar-refractivity contribution in [1.29, 1.82) is 0 Å². The van der Waals surface area contributed by atoms with Crippen molar-refractivity contribution in [3.8, 4) is 0 Å². The Morgan fingerprint density at radius 2 is 2.09 bits per heavy atom. The molecule has 0 saturated heterocycles. The molecule has 1 saturated carbocycles. The molecule has 1 N–H and O–H groups in total. The molecule has 64 valence electrons. The topological polar surface area (TPSA) is 29.1 Å². The van der Waals surface area contributed by atoms with Crippen molar-refractivity contribution in [2.24, 2.45) is 5.92 Å². The third-order valence-electron chi connectivity index (χ3n) is 2.26. The number of hydrogen-bond acceptors (Lipinski definition) is 1. The van der Waals surface area contributed by atoms with Gasteiger partial charge in [-0.25, -0.2) is 4.39 Å². The molecule has 1 rings (SSSR count). The van der Waals surface area contributed by atoms with Crippen LogP contribution in [0.1, 0.15) is 25.7 Å². The summed E-state index contributed by atoms with van der Waals surface area (Å²) in [5.41, 5.74) is 0. The van der Waals surface area contributed by atoms with Crippen LogP contribution in [0.4, 0.5) is 4.39 Å². The first-order valence-corrected chi connectivity index (χ1v) is 4.11. The van der Waals surface area contributed by atoms with E-state index < -0.39 is 6.17 Å². The van der Waals surface area contributed by atoms with E-state index in [0.717, 1.165) is 12.8 Å². The van der Waals surface area contributed by atoms with Crippen LogP contribution in [0, 0.1) is 5.92 Å². The zero-order valence-corrected chi connectivity index (χ0v) is 6.77. The Hall–Kier alpha value is -0.600. The molecule has 0 aliphatic heterocycles. The molecule has 3 heteroatoms. The summed E-state index contributed by atoms with van der Waals surface area (Å²) in [7, 11) is 1.56. The average Bonchev–Trinajstić information content (AvgIpc) is 2.04. The summed E-state index contributed by atoms with van der Waals surface area (Å²) in [6.45, 7) is 0. The number of amides is 1. The number of carbonyl (C=O) groups excluding carboxylic acids is 1. The number of rotatable bonds is 1. The summed E-state index contributed by atoms with van der Waals surface area (Å²) in [6, 6.07) is 0. The number of hydrogen-bond donors (Lipinski definition) is 1. The second-order valence-electron chi connectivity index (χ2n) is 3.02. The lowest BCUT2D eigenvalue weighted by Gasteiger charge is -2.23. The minimum atomic E-state index is -0.913. The zero-order chi connectivity index (χ0) is 8.27. The number of halogens is 1. The van der Waals surface area contributed by atoms with Gasteiger partial charge in [0.05, 0.1) is 5.92 Å². The summed E-state index contributed by atoms with van der Waals surface area (Å²) in [5.74, 6) is -0.522. The first kappa shape index (κ1) is 8.50. The monoisotopic (exact) mass is 159 g/mol. The van der Waals surface area contributed by atoms with Gasteiger partial charge < -0.3 is 5.32 Å². The summed E-state index contributed by atoms with van der Waals surface area (Å²) < 4.78 is 13.0. The summed E-state index contributed by atoms with van der Waals surface area (Å²) in [6.07, 6.45) is 2.26. The van der Waals surface area contributed by atoms with Gasteiger partial charge in [-0.3, -0.25) is 4.79 Å². The molecule has 0 spiro atoms. The molecule has 2 unspecified atom stereocenters. The molecule has 0 radical (unpaired) electrons. The van der Waals surface area contributed by atoms with Crippen LogP contribution in [0.2, 0.25) is 0 Å². The summed E-state index contributed by atoms with van der Waals surface area (Å²) >= 11 is 0. The van der Waals surface area contributed by atoms with E-state index >= 15 is 0 Å². The molecule has 2 atom stereocenters. The van der Waals surface area contributed by atoms with Crippen LogP contribution >= 0.6 is 0 Å². The normalized spacial score (nSPS) is 31.5. The number of nitrogens with one attached hydrogen (secondary N) is 1. The lowest BCUT2D eigenvalue weighted by atomic mass is 9.87. The van der Waals surface area contributed by atoms with Crippen molar-refractivity contribution in [3.05, 3.63) is 0 Å². The molecule has 0 bridgehead atoms. The minimum absolute atomic E-state index is 0.141. The molecule has 2 nitrogen and oxygen atoms in total. The zero-order valence-electron chi connectivity index (χ0n) is 6.77. The van der Waals surface area contributed by atoms with Crippen molar-refractivity contribution in [1.82, 2.24) is 5.32 Å². The molecular weight excluding hydrogens is 145 g/mol. The number of carbonyl (C=O) groups is 1. The molecule has 0 heterocycles. The van der Waals surface area contributed by atoms with Gasteiger partial charge in [-0.1, -0.05) is 12.8 Å². The van der Waals surface area contributed by atoms with Gasteiger partial charge in [0, 0.05) is 7.05 Å². The minimum Gasteiger partial charge on any atom is -0.359 e. The fourth-order valence-electron chi connectivity index (χ4n) is 1.57. The third-order valence-corrected chi connectivity index (χ3v) is 2.26. The fraction of sp³-hybridized carbons (Fsp3) is 0.875. The van der Waals surface area contributed by atoms with E-state index in [2.05, 4.69) is 5.32 Å². The van der Waals surface area contributed by atoms with E-state index in [0.29, 0.717) is 12.8 Å². The van der Waals surface area contributed by atoms with Gasteiger partial charge in [-0.2, -0.15) is 0 Å². The maximum Gasteiger partial charge on any atom is 0.225 e. The van der Waals surface area contributed by atoms with Crippen molar-refractivity contribution >= 4 is 5.91 Å². The second-order valence-corrected chi connectivity index (χ2v) is 3.02. The van der Waals surface area contributed by atoms with E-state index in [1.165, 1.54) is 0 Å². The Morgan fingerprint density at radius 3 is 2.64 bits per heavy atom. The van der Waals surface area contributed by atoms with Crippen molar-refractivity contribution in [2.75, 3.05) is 7.05 Å². The van der Waals surface area contributed by atoms with E-state index in [1.54, 1.807) is 7.05 Å². The average molecular weight is 159 g/mol. The van der Waals surface area contributed by atoms with E-state index in [9.17, 15) is 9.18 Å². The molecular formula is C8H14FNO. The molecule has 11 heavy (non-hydrogen) atoms. The quantitative estimate of drug-likeness (QED) is 0.613. The van der Waals surface area contributed by atoms with E-state index in [-0.39, 0.29) is 11.8 Å². The fourth-order valence-corrected chi connectivity index (χ4v) is 1.57. The third kappa shape index (κ3) is 1.91. The van der Waals surface area contributed by atoms with Gasteiger partial charge in [0.15, 0.2) is 0 Å². The lowest BCUT2D eigenvalue weighted by molar-refractivity contribution is -0.127. The van der Waals surface area contributed by atoms with Gasteiger partial charge in [-0.05, 0) is 12.8 Å².